The van der Waals surface area contributed by atoms with Crippen molar-refractivity contribution in [2.24, 2.45) is 5.92 Å². The molecule has 0 bridgehead atoms. The van der Waals surface area contributed by atoms with Crippen molar-refractivity contribution in [1.29, 1.82) is 0 Å². The molecule has 0 aromatic heterocycles. The van der Waals surface area contributed by atoms with Crippen molar-refractivity contribution in [3.63, 3.8) is 0 Å². The van der Waals surface area contributed by atoms with Gasteiger partial charge in [0.15, 0.2) is 0 Å². The summed E-state index contributed by atoms with van der Waals surface area (Å²) < 4.78 is 36.8. The number of ketones is 1. The van der Waals surface area contributed by atoms with Gasteiger partial charge >= 0.3 is 10.3 Å². The van der Waals surface area contributed by atoms with Crippen molar-refractivity contribution < 1.29 is 22.1 Å². The van der Waals surface area contributed by atoms with E-state index in [1.54, 1.807) is 37.5 Å². The van der Waals surface area contributed by atoms with Crippen LogP contribution >= 0.6 is 0 Å². The SMILES string of the molecule is C=C[C@H]1[C@H]2CC(=O)CC[C@H]2OS(=O)(=O)N1c1ccc(OC)cc1. The predicted molar refractivity (Wildman–Crippen MR) is 85.6 cm³/mol. The first-order valence-electron chi connectivity index (χ1n) is 7.47. The molecule has 0 unspecified atom stereocenters. The number of nitrogens with zero attached hydrogens (tertiary/aromatic N) is 1. The number of methoxy groups -OCH3 is 1. The van der Waals surface area contributed by atoms with Crippen LogP contribution in [0.5, 0.6) is 5.75 Å². The summed E-state index contributed by atoms with van der Waals surface area (Å²) in [6.45, 7) is 3.78. The first-order valence-corrected chi connectivity index (χ1v) is 8.83. The summed E-state index contributed by atoms with van der Waals surface area (Å²) in [6, 6.07) is 6.17. The Labute approximate surface area is 135 Å². The van der Waals surface area contributed by atoms with Gasteiger partial charge in [-0.15, -0.1) is 6.58 Å². The molecule has 1 aromatic carbocycles. The number of fused-ring (bicyclic) bond motifs is 1. The highest BCUT2D eigenvalue weighted by Gasteiger charge is 2.48. The number of ether oxygens (including phenoxy) is 1. The van der Waals surface area contributed by atoms with Crippen LogP contribution in [0.2, 0.25) is 0 Å². The second kappa shape index (κ2) is 5.98. The number of carbonyl (C=O) groups excluding carboxylic acids is 1. The van der Waals surface area contributed by atoms with E-state index in [0.29, 0.717) is 30.7 Å². The number of hydrogen-bond acceptors (Lipinski definition) is 5. The highest BCUT2D eigenvalue weighted by molar-refractivity contribution is 7.88. The molecule has 1 aliphatic carbocycles. The minimum Gasteiger partial charge on any atom is -0.497 e. The minimum atomic E-state index is -3.94. The smallest absolute Gasteiger partial charge is 0.363 e. The molecule has 3 atom stereocenters. The van der Waals surface area contributed by atoms with E-state index in [1.165, 1.54) is 4.31 Å². The maximum atomic E-state index is 12.6. The molecule has 124 valence electrons. The average molecular weight is 337 g/mol. The van der Waals surface area contributed by atoms with E-state index in [0.717, 1.165) is 0 Å². The Kier molecular flexibility index (Phi) is 4.16. The molecule has 0 spiro atoms. The van der Waals surface area contributed by atoms with Crippen LogP contribution in [-0.2, 0) is 19.3 Å². The van der Waals surface area contributed by atoms with Crippen LogP contribution in [0.25, 0.3) is 0 Å². The summed E-state index contributed by atoms with van der Waals surface area (Å²) in [7, 11) is -2.39. The molecule has 1 aliphatic heterocycles. The molecule has 23 heavy (non-hydrogen) atoms. The Balaban J connectivity index is 2.01. The predicted octanol–water partition coefficient (Wildman–Crippen LogP) is 2.07. The van der Waals surface area contributed by atoms with E-state index < -0.39 is 22.4 Å². The van der Waals surface area contributed by atoms with E-state index in [-0.39, 0.29) is 11.7 Å². The lowest BCUT2D eigenvalue weighted by Gasteiger charge is -2.45. The van der Waals surface area contributed by atoms with Gasteiger partial charge in [-0.05, 0) is 30.7 Å². The summed E-state index contributed by atoms with van der Waals surface area (Å²) in [5.41, 5.74) is 0.465. The number of carbonyl (C=O) groups is 1. The van der Waals surface area contributed by atoms with Gasteiger partial charge in [0.1, 0.15) is 11.5 Å². The second-order valence-corrected chi connectivity index (χ2v) is 7.20. The third kappa shape index (κ3) is 2.86. The first kappa shape index (κ1) is 16.0. The zero-order chi connectivity index (χ0) is 16.6. The fraction of sp³-hybridized carbons (Fsp3) is 0.438. The van der Waals surface area contributed by atoms with Crippen LogP contribution in [-0.4, -0.2) is 33.5 Å². The monoisotopic (exact) mass is 337 g/mol. The van der Waals surface area contributed by atoms with Gasteiger partial charge in [-0.25, -0.2) is 8.49 Å². The Morgan fingerprint density at radius 1 is 1.35 bits per heavy atom. The van der Waals surface area contributed by atoms with Gasteiger partial charge in [0.2, 0.25) is 0 Å². The molecule has 1 aromatic rings. The van der Waals surface area contributed by atoms with E-state index in [9.17, 15) is 13.2 Å². The summed E-state index contributed by atoms with van der Waals surface area (Å²) in [4.78, 5) is 11.8. The average Bonchev–Trinajstić information content (AvgIpc) is 2.53. The Morgan fingerprint density at radius 3 is 2.65 bits per heavy atom. The number of anilines is 1. The normalized spacial score (nSPS) is 29.7. The molecular formula is C16H19NO5S. The Hall–Kier alpha value is -1.86. The summed E-state index contributed by atoms with van der Waals surface area (Å²) in [6.07, 6.45) is 2.23. The van der Waals surface area contributed by atoms with Crippen molar-refractivity contribution in [2.45, 2.75) is 31.4 Å². The number of rotatable bonds is 3. The summed E-state index contributed by atoms with van der Waals surface area (Å²) in [5, 5.41) is 0. The zero-order valence-corrected chi connectivity index (χ0v) is 13.7. The third-order valence-corrected chi connectivity index (χ3v) is 5.84. The van der Waals surface area contributed by atoms with Crippen LogP contribution in [0.15, 0.2) is 36.9 Å². The number of Topliss-reactive ketones (excluding diaryl/α,β-unsaturated/α-hetero) is 1. The van der Waals surface area contributed by atoms with Gasteiger partial charge in [-0.1, -0.05) is 6.08 Å². The van der Waals surface area contributed by atoms with Gasteiger partial charge in [0.25, 0.3) is 0 Å². The van der Waals surface area contributed by atoms with Crippen molar-refractivity contribution in [3.8, 4) is 5.75 Å². The molecule has 7 heteroatoms. The summed E-state index contributed by atoms with van der Waals surface area (Å²) >= 11 is 0. The Morgan fingerprint density at radius 2 is 2.04 bits per heavy atom. The van der Waals surface area contributed by atoms with Gasteiger partial charge in [0.05, 0.1) is 24.9 Å². The molecule has 1 saturated heterocycles. The lowest BCUT2D eigenvalue weighted by atomic mass is 9.80. The fourth-order valence-corrected chi connectivity index (χ4v) is 4.86. The number of hydrogen-bond donors (Lipinski definition) is 0. The fourth-order valence-electron chi connectivity index (χ4n) is 3.30. The zero-order valence-electron chi connectivity index (χ0n) is 12.8. The van der Waals surface area contributed by atoms with Crippen LogP contribution in [0.3, 0.4) is 0 Å². The van der Waals surface area contributed by atoms with Crippen LogP contribution in [0.4, 0.5) is 5.69 Å². The molecule has 0 radical (unpaired) electrons. The van der Waals surface area contributed by atoms with Crippen molar-refractivity contribution in [2.75, 3.05) is 11.4 Å². The van der Waals surface area contributed by atoms with E-state index in [1.807, 2.05) is 0 Å². The molecule has 1 heterocycles. The quantitative estimate of drug-likeness (QED) is 0.790. The number of benzene rings is 1. The van der Waals surface area contributed by atoms with Crippen molar-refractivity contribution >= 4 is 21.8 Å². The van der Waals surface area contributed by atoms with Gasteiger partial charge in [-0.3, -0.25) is 4.79 Å². The largest absolute Gasteiger partial charge is 0.497 e. The maximum Gasteiger partial charge on any atom is 0.363 e. The van der Waals surface area contributed by atoms with Crippen molar-refractivity contribution in [1.82, 2.24) is 0 Å². The molecular weight excluding hydrogens is 318 g/mol. The Bertz CT molecular complexity index is 712. The molecule has 3 rings (SSSR count). The second-order valence-electron chi connectivity index (χ2n) is 5.76. The molecule has 6 nitrogen and oxygen atoms in total. The molecule has 0 amide bonds. The lowest BCUT2D eigenvalue weighted by Crippen LogP contribution is -2.56. The molecule has 2 fully saturated rings. The molecule has 1 saturated carbocycles. The lowest BCUT2D eigenvalue weighted by molar-refractivity contribution is -0.124. The highest BCUT2D eigenvalue weighted by atomic mass is 32.2. The maximum absolute atomic E-state index is 12.6. The molecule has 0 N–H and O–H groups in total. The topological polar surface area (TPSA) is 72.9 Å². The van der Waals surface area contributed by atoms with Gasteiger partial charge < -0.3 is 4.74 Å². The molecule has 2 aliphatic rings. The van der Waals surface area contributed by atoms with Crippen LogP contribution < -0.4 is 9.04 Å². The van der Waals surface area contributed by atoms with E-state index >= 15 is 0 Å². The van der Waals surface area contributed by atoms with Crippen LogP contribution in [0.1, 0.15) is 19.3 Å². The first-order chi connectivity index (χ1) is 11.0. The minimum absolute atomic E-state index is 0.135. The van der Waals surface area contributed by atoms with E-state index in [2.05, 4.69) is 6.58 Å². The van der Waals surface area contributed by atoms with Crippen molar-refractivity contribution in [3.05, 3.63) is 36.9 Å². The van der Waals surface area contributed by atoms with Crippen LogP contribution in [0, 0.1) is 5.92 Å². The standard InChI is InChI=1S/C16H19NO5S/c1-3-15-14-10-12(18)6-9-16(14)22-23(19,20)17(15)11-4-7-13(21-2)8-5-11/h3-5,7-8,14-16H,1,6,9-10H2,2H3/t14-,15+,16-/m1/s1. The van der Waals surface area contributed by atoms with E-state index in [4.69, 9.17) is 8.92 Å². The summed E-state index contributed by atoms with van der Waals surface area (Å²) in [5.74, 6) is 0.556. The third-order valence-electron chi connectivity index (χ3n) is 4.41. The van der Waals surface area contributed by atoms with Gasteiger partial charge in [-0.2, -0.15) is 8.42 Å². The van der Waals surface area contributed by atoms with Gasteiger partial charge in [0, 0.05) is 18.8 Å². The highest BCUT2D eigenvalue weighted by Crippen LogP contribution is 2.40.